The van der Waals surface area contributed by atoms with Gasteiger partial charge in [-0.1, -0.05) is 32.6 Å². The molecule has 0 aliphatic heterocycles. The molecule has 0 radical (unpaired) electrons. The monoisotopic (exact) mass is 368 g/mol. The van der Waals surface area contributed by atoms with Crippen LogP contribution in [0.4, 0.5) is 11.4 Å². The van der Waals surface area contributed by atoms with E-state index < -0.39 is 0 Å². The van der Waals surface area contributed by atoms with Crippen LogP contribution in [-0.2, 0) is 4.79 Å². The molecule has 144 valence electrons. The minimum Gasteiger partial charge on any atom is -0.494 e. The van der Waals surface area contributed by atoms with E-state index >= 15 is 0 Å². The van der Waals surface area contributed by atoms with Crippen molar-refractivity contribution in [3.8, 4) is 11.5 Å². The summed E-state index contributed by atoms with van der Waals surface area (Å²) in [5, 5.41) is 5.95. The Hall–Kier alpha value is -2.95. The van der Waals surface area contributed by atoms with Gasteiger partial charge in [0.25, 0.3) is 0 Å². The summed E-state index contributed by atoms with van der Waals surface area (Å²) in [6.07, 6.45) is 2.70. The Morgan fingerprint density at radius 1 is 1.07 bits per heavy atom. The molecule has 0 fully saturated rings. The van der Waals surface area contributed by atoms with Gasteiger partial charge < -0.3 is 20.1 Å². The standard InChI is InChI=1S/C22H28N2O3/c1-4-13-26-21-7-5-6-19(15-21)24-22(25)16-23-18-8-10-20(11-9-18)27-14-12-17(2)3/h4-11,15,17,23H,1,12-14,16H2,2-3H3,(H,24,25). The molecule has 0 aromatic heterocycles. The third-order valence-electron chi connectivity index (χ3n) is 3.76. The van der Waals surface area contributed by atoms with Crippen LogP contribution >= 0.6 is 0 Å². The van der Waals surface area contributed by atoms with Gasteiger partial charge in [-0.05, 0) is 48.7 Å². The smallest absolute Gasteiger partial charge is 0.243 e. The molecule has 2 aromatic carbocycles. The molecule has 2 N–H and O–H groups in total. The molecule has 0 aliphatic rings. The van der Waals surface area contributed by atoms with Crippen molar-refractivity contribution in [1.29, 1.82) is 0 Å². The highest BCUT2D eigenvalue weighted by molar-refractivity contribution is 5.93. The third kappa shape index (κ3) is 7.86. The van der Waals surface area contributed by atoms with Gasteiger partial charge in [-0.3, -0.25) is 4.79 Å². The van der Waals surface area contributed by atoms with Crippen LogP contribution in [0.1, 0.15) is 20.3 Å². The lowest BCUT2D eigenvalue weighted by Crippen LogP contribution is -2.21. The van der Waals surface area contributed by atoms with E-state index in [1.54, 1.807) is 12.1 Å². The van der Waals surface area contributed by atoms with Crippen molar-refractivity contribution in [2.75, 3.05) is 30.4 Å². The van der Waals surface area contributed by atoms with E-state index in [0.29, 0.717) is 30.6 Å². The van der Waals surface area contributed by atoms with Crippen LogP contribution in [0.3, 0.4) is 0 Å². The van der Waals surface area contributed by atoms with Crippen LogP contribution in [0, 0.1) is 5.92 Å². The van der Waals surface area contributed by atoms with Crippen LogP contribution < -0.4 is 20.1 Å². The molecule has 1 amide bonds. The van der Waals surface area contributed by atoms with Crippen molar-refractivity contribution >= 4 is 17.3 Å². The van der Waals surface area contributed by atoms with E-state index in [0.717, 1.165) is 17.9 Å². The molecule has 0 unspecified atom stereocenters. The topological polar surface area (TPSA) is 59.6 Å². The summed E-state index contributed by atoms with van der Waals surface area (Å²) in [7, 11) is 0. The van der Waals surface area contributed by atoms with Gasteiger partial charge in [-0.2, -0.15) is 0 Å². The van der Waals surface area contributed by atoms with E-state index in [1.165, 1.54) is 0 Å². The average molecular weight is 368 g/mol. The summed E-state index contributed by atoms with van der Waals surface area (Å²) in [5.74, 6) is 2.02. The van der Waals surface area contributed by atoms with Crippen LogP contribution in [0.15, 0.2) is 61.2 Å². The molecule has 2 aromatic rings. The second-order valence-corrected chi connectivity index (χ2v) is 6.58. The van der Waals surface area contributed by atoms with Crippen molar-refractivity contribution in [1.82, 2.24) is 0 Å². The molecule has 0 aliphatic carbocycles. The first-order valence-corrected chi connectivity index (χ1v) is 9.17. The normalized spacial score (nSPS) is 10.3. The Morgan fingerprint density at radius 2 is 1.85 bits per heavy atom. The first kappa shape index (κ1) is 20.4. The lowest BCUT2D eigenvalue weighted by atomic mass is 10.1. The lowest BCUT2D eigenvalue weighted by molar-refractivity contribution is -0.114. The predicted octanol–water partition coefficient (Wildman–Crippen LogP) is 4.73. The zero-order valence-electron chi connectivity index (χ0n) is 16.0. The number of hydrogen-bond acceptors (Lipinski definition) is 4. The van der Waals surface area contributed by atoms with Crippen molar-refractivity contribution < 1.29 is 14.3 Å². The molecular formula is C22H28N2O3. The highest BCUT2D eigenvalue weighted by atomic mass is 16.5. The molecule has 0 saturated carbocycles. The fourth-order valence-electron chi connectivity index (χ4n) is 2.29. The summed E-state index contributed by atoms with van der Waals surface area (Å²) >= 11 is 0. The Morgan fingerprint density at radius 3 is 2.56 bits per heavy atom. The summed E-state index contributed by atoms with van der Waals surface area (Å²) in [6, 6.07) is 14.9. The van der Waals surface area contributed by atoms with Gasteiger partial charge in [-0.15, -0.1) is 0 Å². The zero-order chi connectivity index (χ0) is 19.5. The predicted molar refractivity (Wildman–Crippen MR) is 111 cm³/mol. The molecule has 5 nitrogen and oxygen atoms in total. The average Bonchev–Trinajstić information content (AvgIpc) is 2.66. The van der Waals surface area contributed by atoms with Crippen molar-refractivity contribution in [2.24, 2.45) is 5.92 Å². The van der Waals surface area contributed by atoms with Gasteiger partial charge in [0.15, 0.2) is 0 Å². The molecule has 0 atom stereocenters. The Balaban J connectivity index is 1.77. The molecule has 0 bridgehead atoms. The molecule has 0 heterocycles. The number of carbonyl (C=O) groups is 1. The van der Waals surface area contributed by atoms with E-state index in [-0.39, 0.29) is 12.5 Å². The van der Waals surface area contributed by atoms with E-state index in [4.69, 9.17) is 9.47 Å². The van der Waals surface area contributed by atoms with Gasteiger partial charge in [0.1, 0.15) is 18.1 Å². The second kappa shape index (κ2) is 10.9. The maximum absolute atomic E-state index is 12.1. The number of benzene rings is 2. The third-order valence-corrected chi connectivity index (χ3v) is 3.76. The van der Waals surface area contributed by atoms with E-state index in [1.807, 2.05) is 42.5 Å². The zero-order valence-corrected chi connectivity index (χ0v) is 16.0. The SMILES string of the molecule is C=CCOc1cccc(NC(=O)CNc2ccc(OCCC(C)C)cc2)c1. The Bertz CT molecular complexity index is 727. The highest BCUT2D eigenvalue weighted by Crippen LogP contribution is 2.18. The molecule has 5 heteroatoms. The van der Waals surface area contributed by atoms with Gasteiger partial charge in [0.05, 0.1) is 13.2 Å². The van der Waals surface area contributed by atoms with Crippen LogP contribution in [0.2, 0.25) is 0 Å². The van der Waals surface area contributed by atoms with Crippen molar-refractivity contribution in [3.63, 3.8) is 0 Å². The minimum absolute atomic E-state index is 0.131. The molecule has 0 saturated heterocycles. The van der Waals surface area contributed by atoms with Crippen LogP contribution in [-0.4, -0.2) is 25.7 Å². The summed E-state index contributed by atoms with van der Waals surface area (Å²) in [6.45, 7) is 9.27. The van der Waals surface area contributed by atoms with Crippen molar-refractivity contribution in [2.45, 2.75) is 20.3 Å². The Labute approximate surface area is 161 Å². The quantitative estimate of drug-likeness (QED) is 0.563. The van der Waals surface area contributed by atoms with Crippen LogP contribution in [0.25, 0.3) is 0 Å². The minimum atomic E-state index is -0.131. The molecular weight excluding hydrogens is 340 g/mol. The van der Waals surface area contributed by atoms with Crippen LogP contribution in [0.5, 0.6) is 11.5 Å². The number of ether oxygens (including phenoxy) is 2. The summed E-state index contributed by atoms with van der Waals surface area (Å²) < 4.78 is 11.2. The van der Waals surface area contributed by atoms with Gasteiger partial charge >= 0.3 is 0 Å². The first-order chi connectivity index (χ1) is 13.1. The maximum Gasteiger partial charge on any atom is 0.243 e. The summed E-state index contributed by atoms with van der Waals surface area (Å²) in [4.78, 5) is 12.1. The van der Waals surface area contributed by atoms with E-state index in [9.17, 15) is 4.79 Å². The fourth-order valence-corrected chi connectivity index (χ4v) is 2.29. The van der Waals surface area contributed by atoms with E-state index in [2.05, 4.69) is 31.1 Å². The molecule has 0 spiro atoms. The number of hydrogen-bond donors (Lipinski definition) is 2. The molecule has 27 heavy (non-hydrogen) atoms. The largest absolute Gasteiger partial charge is 0.494 e. The fraction of sp³-hybridized carbons (Fsp3) is 0.318. The van der Waals surface area contributed by atoms with Gasteiger partial charge in [-0.25, -0.2) is 0 Å². The maximum atomic E-state index is 12.1. The number of amides is 1. The lowest BCUT2D eigenvalue weighted by Gasteiger charge is -2.11. The summed E-state index contributed by atoms with van der Waals surface area (Å²) in [5.41, 5.74) is 1.56. The second-order valence-electron chi connectivity index (χ2n) is 6.58. The first-order valence-electron chi connectivity index (χ1n) is 9.17. The number of rotatable bonds is 11. The number of carbonyl (C=O) groups excluding carboxylic acids is 1. The molecule has 2 rings (SSSR count). The number of nitrogens with one attached hydrogen (secondary N) is 2. The van der Waals surface area contributed by atoms with Gasteiger partial charge in [0, 0.05) is 17.4 Å². The number of anilines is 2. The van der Waals surface area contributed by atoms with Crippen molar-refractivity contribution in [3.05, 3.63) is 61.2 Å². The highest BCUT2D eigenvalue weighted by Gasteiger charge is 2.04. The van der Waals surface area contributed by atoms with Gasteiger partial charge in [0.2, 0.25) is 5.91 Å². The Kier molecular flexibility index (Phi) is 8.23.